The predicted molar refractivity (Wildman–Crippen MR) is 145 cm³/mol. The SMILES string of the molecule is Cc1[c-]c2c(cc1C(C)(C)C)-c1cc(C(C)(C)C)c(C)cc1C2.[C-]1=CC=CC1.[Cl-].[Cl-].[Zr+2]=[C]1CCCC1. The van der Waals surface area contributed by atoms with E-state index in [9.17, 15) is 0 Å². The van der Waals surface area contributed by atoms with Crippen LogP contribution in [-0.2, 0) is 41.5 Å². The molecule has 0 amide bonds. The zero-order valence-corrected chi connectivity index (χ0v) is 27.4. The van der Waals surface area contributed by atoms with Gasteiger partial charge in [-0.25, -0.2) is 12.2 Å². The molecule has 0 aliphatic heterocycles. The number of benzene rings is 2. The van der Waals surface area contributed by atoms with Crippen molar-refractivity contribution < 1.29 is 49.0 Å². The molecule has 2 aromatic rings. The fourth-order valence-electron chi connectivity index (χ4n) is 5.16. The summed E-state index contributed by atoms with van der Waals surface area (Å²) in [7, 11) is 0. The van der Waals surface area contributed by atoms with Gasteiger partial charge in [0.15, 0.2) is 0 Å². The summed E-state index contributed by atoms with van der Waals surface area (Å²) in [5.41, 5.74) is 11.6. The van der Waals surface area contributed by atoms with Gasteiger partial charge in [-0.15, -0.1) is 23.1 Å². The molecule has 0 unspecified atom stereocenters. The zero-order chi connectivity index (χ0) is 25.1. The van der Waals surface area contributed by atoms with Gasteiger partial charge in [-0.05, 0) is 35.4 Å². The van der Waals surface area contributed by atoms with Crippen LogP contribution < -0.4 is 24.8 Å². The van der Waals surface area contributed by atoms with Gasteiger partial charge >= 0.3 is 53.1 Å². The quantitative estimate of drug-likeness (QED) is 0.349. The molecule has 5 rings (SSSR count). The fraction of sp³-hybridized carbons (Fsp3) is 0.485. The summed E-state index contributed by atoms with van der Waals surface area (Å²) < 4.78 is 1.79. The van der Waals surface area contributed by atoms with Crippen molar-refractivity contribution in [2.24, 2.45) is 0 Å². The molecule has 3 aliphatic rings. The first-order valence-electron chi connectivity index (χ1n) is 12.9. The first-order chi connectivity index (χ1) is 15.9. The molecule has 0 radical (unpaired) electrons. The molecule has 0 N–H and O–H groups in total. The van der Waals surface area contributed by atoms with Gasteiger partial charge in [0.2, 0.25) is 0 Å². The van der Waals surface area contributed by atoms with Crippen molar-refractivity contribution in [3.8, 4) is 11.1 Å². The Bertz CT molecular complexity index is 1020. The topological polar surface area (TPSA) is 0 Å². The Morgan fingerprint density at radius 1 is 0.806 bits per heavy atom. The summed E-state index contributed by atoms with van der Waals surface area (Å²) in [6.07, 6.45) is 16.9. The van der Waals surface area contributed by atoms with Crippen molar-refractivity contribution in [2.75, 3.05) is 0 Å². The van der Waals surface area contributed by atoms with Gasteiger partial charge in [-0.3, -0.25) is 6.08 Å². The fourth-order valence-corrected chi connectivity index (χ4v) is 6.03. The van der Waals surface area contributed by atoms with E-state index in [-0.39, 0.29) is 35.6 Å². The van der Waals surface area contributed by atoms with Crippen LogP contribution in [-0.4, -0.2) is 3.21 Å². The minimum atomic E-state index is 0. The first-order valence-corrected chi connectivity index (χ1v) is 14.1. The summed E-state index contributed by atoms with van der Waals surface area (Å²) in [6.45, 7) is 18.2. The normalized spacial score (nSPS) is 15.1. The summed E-state index contributed by atoms with van der Waals surface area (Å²) in [6, 6.07) is 10.9. The number of halogens is 2. The third-order valence-corrected chi connectivity index (χ3v) is 8.10. The molecule has 0 heterocycles. The molecule has 1 fully saturated rings. The molecule has 3 aliphatic carbocycles. The zero-order valence-electron chi connectivity index (χ0n) is 23.5. The second kappa shape index (κ2) is 13.9. The van der Waals surface area contributed by atoms with Crippen molar-refractivity contribution >= 4 is 3.21 Å². The second-order valence-corrected chi connectivity index (χ2v) is 13.8. The predicted octanol–water partition coefficient (Wildman–Crippen LogP) is 2.86. The van der Waals surface area contributed by atoms with E-state index in [1.807, 2.05) is 12.2 Å². The maximum absolute atomic E-state index is 3.69. The van der Waals surface area contributed by atoms with E-state index in [4.69, 9.17) is 0 Å². The molecule has 0 saturated heterocycles. The average molecular weight is 601 g/mol. The summed E-state index contributed by atoms with van der Waals surface area (Å²) in [4.78, 5) is 0. The van der Waals surface area contributed by atoms with Gasteiger partial charge in [0, 0.05) is 0 Å². The van der Waals surface area contributed by atoms with Gasteiger partial charge in [0.25, 0.3) is 0 Å². The number of allylic oxidation sites excluding steroid dienone is 4. The van der Waals surface area contributed by atoms with E-state index in [2.05, 4.69) is 91.8 Å². The monoisotopic (exact) mass is 598 g/mol. The van der Waals surface area contributed by atoms with Crippen molar-refractivity contribution in [3.63, 3.8) is 0 Å². The Hall–Kier alpha value is -0.747. The first kappa shape index (κ1) is 33.3. The summed E-state index contributed by atoms with van der Waals surface area (Å²) in [5.74, 6) is 0. The summed E-state index contributed by atoms with van der Waals surface area (Å²) >= 11 is 1.68. The van der Waals surface area contributed by atoms with Crippen LogP contribution in [0.5, 0.6) is 0 Å². The number of rotatable bonds is 0. The number of fused-ring (bicyclic) bond motifs is 3. The molecular formula is C33H42Cl2Zr-2. The van der Waals surface area contributed by atoms with E-state index in [1.165, 1.54) is 70.2 Å². The van der Waals surface area contributed by atoms with Crippen molar-refractivity contribution in [2.45, 2.75) is 105 Å². The van der Waals surface area contributed by atoms with Crippen LogP contribution in [0.1, 0.15) is 107 Å². The van der Waals surface area contributed by atoms with Crippen LogP contribution in [0.4, 0.5) is 0 Å². The van der Waals surface area contributed by atoms with E-state index in [0.29, 0.717) is 0 Å². The second-order valence-electron chi connectivity index (χ2n) is 12.0. The molecule has 1 saturated carbocycles. The standard InChI is InChI=1S/C23H29.C5H8.C5H5.2ClH.Zr/c1-14-9-16-11-17-10-15(2)21(23(6,7)8)13-19(17)18(16)12-20(14)22(3,4)5;2*1-2-4-5-3-1;;;/h9,12-13H,11H2,1-8H3;1-4H2;1-3H,4H2;2*1H;/q-1;;-1;;;+2/p-2. The molecule has 0 bridgehead atoms. The molecule has 194 valence electrons. The molecule has 0 aromatic heterocycles. The Balaban J connectivity index is 0.000000411. The van der Waals surface area contributed by atoms with Crippen LogP contribution in [0.25, 0.3) is 11.1 Å². The summed E-state index contributed by atoms with van der Waals surface area (Å²) in [5, 5.41) is 0. The van der Waals surface area contributed by atoms with Crippen molar-refractivity contribution in [1.82, 2.24) is 0 Å². The Morgan fingerprint density at radius 2 is 1.39 bits per heavy atom. The van der Waals surface area contributed by atoms with Gasteiger partial charge < -0.3 is 24.8 Å². The third-order valence-electron chi connectivity index (χ3n) is 6.87. The van der Waals surface area contributed by atoms with E-state index in [1.54, 1.807) is 27.4 Å². The van der Waals surface area contributed by atoms with Crippen LogP contribution in [0.15, 0.2) is 36.4 Å². The Morgan fingerprint density at radius 3 is 1.81 bits per heavy atom. The molecule has 3 heteroatoms. The third kappa shape index (κ3) is 8.65. The number of hydrogen-bond acceptors (Lipinski definition) is 0. The van der Waals surface area contributed by atoms with Crippen molar-refractivity contribution in [1.29, 1.82) is 0 Å². The molecule has 2 aromatic carbocycles. The Kier molecular flexibility index (Phi) is 12.8. The minimum absolute atomic E-state index is 0. The van der Waals surface area contributed by atoms with E-state index >= 15 is 0 Å². The number of hydrogen-bond donors (Lipinski definition) is 0. The van der Waals surface area contributed by atoms with Gasteiger partial charge in [0.05, 0.1) is 0 Å². The van der Waals surface area contributed by atoms with Crippen LogP contribution in [0, 0.1) is 26.0 Å². The van der Waals surface area contributed by atoms with Gasteiger partial charge in [-0.1, -0.05) is 71.6 Å². The van der Waals surface area contributed by atoms with E-state index in [0.717, 1.165) is 12.8 Å². The maximum atomic E-state index is 3.69. The Labute approximate surface area is 248 Å². The molecule has 36 heavy (non-hydrogen) atoms. The molecular weight excluding hydrogens is 558 g/mol. The molecule has 0 spiro atoms. The van der Waals surface area contributed by atoms with Crippen LogP contribution in [0.2, 0.25) is 0 Å². The van der Waals surface area contributed by atoms with Gasteiger partial charge in [-0.2, -0.15) is 23.8 Å². The average Bonchev–Trinajstić information content (AvgIpc) is 3.48. The van der Waals surface area contributed by atoms with Crippen LogP contribution in [0.3, 0.4) is 0 Å². The molecule has 0 atom stereocenters. The van der Waals surface area contributed by atoms with Crippen molar-refractivity contribution in [3.05, 3.63) is 82.0 Å². The number of aryl methyl sites for hydroxylation is 2. The van der Waals surface area contributed by atoms with Crippen LogP contribution >= 0.6 is 0 Å². The van der Waals surface area contributed by atoms with E-state index < -0.39 is 0 Å². The van der Waals surface area contributed by atoms with Gasteiger partial charge in [0.1, 0.15) is 0 Å². The molecule has 0 nitrogen and oxygen atoms in total.